The molecule has 0 aliphatic carbocycles. The molecule has 0 bridgehead atoms. The smallest absolute Gasteiger partial charge is 0.130 e. The van der Waals surface area contributed by atoms with Crippen LogP contribution in [0.5, 0.6) is 17.2 Å². The van der Waals surface area contributed by atoms with Gasteiger partial charge in [0.25, 0.3) is 0 Å². The number of phenols is 2. The van der Waals surface area contributed by atoms with E-state index in [1.165, 1.54) is 0 Å². The molecule has 2 aromatic rings. The summed E-state index contributed by atoms with van der Waals surface area (Å²) in [5.74, 6) is 0.829. The Morgan fingerprint density at radius 1 is 0.947 bits per heavy atom. The number of ether oxygens (including phenoxy) is 1. The summed E-state index contributed by atoms with van der Waals surface area (Å²) in [4.78, 5) is 0. The number of hydrogen-bond donors (Lipinski definition) is 2. The number of benzene rings is 2. The molecule has 3 heteroatoms. The molecule has 19 heavy (non-hydrogen) atoms. The molecule has 0 atom stereocenters. The van der Waals surface area contributed by atoms with Gasteiger partial charge < -0.3 is 14.9 Å². The molecular formula is C16H18O3. The van der Waals surface area contributed by atoms with Gasteiger partial charge in [0.2, 0.25) is 0 Å². The maximum Gasteiger partial charge on any atom is 0.130 e. The minimum Gasteiger partial charge on any atom is -0.507 e. The van der Waals surface area contributed by atoms with E-state index in [1.54, 1.807) is 36.4 Å². The molecule has 0 aromatic heterocycles. The van der Waals surface area contributed by atoms with E-state index >= 15 is 0 Å². The Morgan fingerprint density at radius 2 is 1.68 bits per heavy atom. The van der Waals surface area contributed by atoms with Crippen LogP contribution in [0.25, 0.3) is 11.1 Å². The molecule has 2 N–H and O–H groups in total. The molecule has 2 rings (SSSR count). The van der Waals surface area contributed by atoms with Crippen molar-refractivity contribution in [3.63, 3.8) is 0 Å². The van der Waals surface area contributed by atoms with Gasteiger partial charge in [0.1, 0.15) is 17.2 Å². The van der Waals surface area contributed by atoms with E-state index < -0.39 is 0 Å². The highest BCUT2D eigenvalue weighted by Gasteiger charge is 2.14. The fourth-order valence-corrected chi connectivity index (χ4v) is 1.92. The van der Waals surface area contributed by atoms with Crippen molar-refractivity contribution in [1.82, 2.24) is 0 Å². The zero-order valence-corrected chi connectivity index (χ0v) is 11.0. The summed E-state index contributed by atoms with van der Waals surface area (Å²) >= 11 is 0. The summed E-state index contributed by atoms with van der Waals surface area (Å²) in [7, 11) is 0. The molecule has 0 aliphatic rings. The Kier molecular flexibility index (Phi) is 4.29. The van der Waals surface area contributed by atoms with E-state index in [4.69, 9.17) is 4.74 Å². The molecule has 0 heterocycles. The summed E-state index contributed by atoms with van der Waals surface area (Å²) in [6.45, 7) is 2.69. The number of hydrogen-bond acceptors (Lipinski definition) is 3. The normalized spacial score (nSPS) is 10.4. The molecule has 0 amide bonds. The van der Waals surface area contributed by atoms with Gasteiger partial charge in [-0.2, -0.15) is 0 Å². The second-order valence-corrected chi connectivity index (χ2v) is 4.37. The van der Waals surface area contributed by atoms with Crippen LogP contribution >= 0.6 is 0 Å². The third-order valence-corrected chi connectivity index (χ3v) is 2.93. The monoisotopic (exact) mass is 258 g/mol. The lowest BCUT2D eigenvalue weighted by molar-refractivity contribution is 0.309. The summed E-state index contributed by atoms with van der Waals surface area (Å²) in [5, 5.41) is 20.0. The number of rotatable bonds is 5. The van der Waals surface area contributed by atoms with Crippen LogP contribution in [0, 0.1) is 0 Å². The zero-order chi connectivity index (χ0) is 13.7. The van der Waals surface area contributed by atoms with Crippen LogP contribution in [0.4, 0.5) is 0 Å². The van der Waals surface area contributed by atoms with Gasteiger partial charge in [0, 0.05) is 5.56 Å². The molecule has 0 unspecified atom stereocenters. The first kappa shape index (κ1) is 13.3. The fraction of sp³-hybridized carbons (Fsp3) is 0.250. The highest BCUT2D eigenvalue weighted by atomic mass is 16.5. The summed E-state index contributed by atoms with van der Waals surface area (Å²) in [5.41, 5.74) is 1.11. The molecule has 0 saturated heterocycles. The molecule has 0 aliphatic heterocycles. The van der Waals surface area contributed by atoms with E-state index in [9.17, 15) is 10.2 Å². The molecule has 2 aromatic carbocycles. The van der Waals surface area contributed by atoms with Gasteiger partial charge in [-0.25, -0.2) is 0 Å². The number of phenolic OH excluding ortho intramolecular Hbond substituents is 2. The fourth-order valence-electron chi connectivity index (χ4n) is 1.92. The van der Waals surface area contributed by atoms with Crippen molar-refractivity contribution < 1.29 is 14.9 Å². The average Bonchev–Trinajstić information content (AvgIpc) is 2.41. The van der Waals surface area contributed by atoms with E-state index in [2.05, 4.69) is 6.92 Å². The average molecular weight is 258 g/mol. The van der Waals surface area contributed by atoms with E-state index in [-0.39, 0.29) is 11.5 Å². The van der Waals surface area contributed by atoms with Crippen LogP contribution in [-0.2, 0) is 0 Å². The third kappa shape index (κ3) is 2.99. The van der Waals surface area contributed by atoms with E-state index in [0.717, 1.165) is 12.8 Å². The Labute approximate surface area is 113 Å². The molecular weight excluding hydrogens is 240 g/mol. The van der Waals surface area contributed by atoms with Crippen LogP contribution in [0.3, 0.4) is 0 Å². The van der Waals surface area contributed by atoms with Crippen LogP contribution in [0.1, 0.15) is 19.8 Å². The van der Waals surface area contributed by atoms with Crippen LogP contribution in [-0.4, -0.2) is 16.8 Å². The standard InChI is InChI=1S/C16H18O3/c1-2-3-11-19-15-10-6-9-14(18)16(15)12-7-4-5-8-13(12)17/h4-10,17-18H,2-3,11H2,1H3. The summed E-state index contributed by atoms with van der Waals surface area (Å²) in [6.07, 6.45) is 2.00. The lowest BCUT2D eigenvalue weighted by atomic mass is 10.0. The Hall–Kier alpha value is -2.16. The van der Waals surface area contributed by atoms with Gasteiger partial charge in [-0.3, -0.25) is 0 Å². The second-order valence-electron chi connectivity index (χ2n) is 4.37. The zero-order valence-electron chi connectivity index (χ0n) is 11.0. The van der Waals surface area contributed by atoms with Crippen LogP contribution < -0.4 is 4.74 Å². The largest absolute Gasteiger partial charge is 0.507 e. The van der Waals surface area contributed by atoms with Crippen molar-refractivity contribution in [1.29, 1.82) is 0 Å². The van der Waals surface area contributed by atoms with Crippen molar-refractivity contribution >= 4 is 0 Å². The van der Waals surface area contributed by atoms with Crippen LogP contribution in [0.2, 0.25) is 0 Å². The number of aromatic hydroxyl groups is 2. The van der Waals surface area contributed by atoms with Crippen molar-refractivity contribution in [2.75, 3.05) is 6.61 Å². The molecule has 100 valence electrons. The molecule has 3 nitrogen and oxygen atoms in total. The third-order valence-electron chi connectivity index (χ3n) is 2.93. The van der Waals surface area contributed by atoms with Gasteiger partial charge in [0.15, 0.2) is 0 Å². The molecule has 0 saturated carbocycles. The molecule has 0 fully saturated rings. The minimum atomic E-state index is 0.107. The van der Waals surface area contributed by atoms with Crippen molar-refractivity contribution in [2.24, 2.45) is 0 Å². The maximum atomic E-state index is 10.0. The highest BCUT2D eigenvalue weighted by Crippen LogP contribution is 2.41. The quantitative estimate of drug-likeness (QED) is 0.798. The SMILES string of the molecule is CCCCOc1cccc(O)c1-c1ccccc1O. The summed E-state index contributed by atoms with van der Waals surface area (Å²) < 4.78 is 5.70. The van der Waals surface area contributed by atoms with Gasteiger partial charge in [-0.05, 0) is 24.6 Å². The lowest BCUT2D eigenvalue weighted by Crippen LogP contribution is -1.98. The van der Waals surface area contributed by atoms with E-state index in [0.29, 0.717) is 23.5 Å². The van der Waals surface area contributed by atoms with Crippen LogP contribution in [0.15, 0.2) is 42.5 Å². The molecule has 0 radical (unpaired) electrons. The maximum absolute atomic E-state index is 10.0. The minimum absolute atomic E-state index is 0.107. The Balaban J connectivity index is 2.41. The topological polar surface area (TPSA) is 49.7 Å². The van der Waals surface area contributed by atoms with Gasteiger partial charge >= 0.3 is 0 Å². The first-order valence-corrected chi connectivity index (χ1v) is 6.47. The van der Waals surface area contributed by atoms with Gasteiger partial charge in [0.05, 0.1) is 12.2 Å². The van der Waals surface area contributed by atoms with Crippen molar-refractivity contribution in [3.05, 3.63) is 42.5 Å². The predicted molar refractivity (Wildman–Crippen MR) is 75.6 cm³/mol. The predicted octanol–water partition coefficient (Wildman–Crippen LogP) is 3.94. The lowest BCUT2D eigenvalue weighted by Gasteiger charge is -2.13. The summed E-state index contributed by atoms with van der Waals surface area (Å²) in [6, 6.07) is 12.0. The number of para-hydroxylation sites is 1. The van der Waals surface area contributed by atoms with Gasteiger partial charge in [-0.15, -0.1) is 0 Å². The second kappa shape index (κ2) is 6.14. The van der Waals surface area contributed by atoms with E-state index in [1.807, 2.05) is 6.07 Å². The highest BCUT2D eigenvalue weighted by molar-refractivity contribution is 5.80. The van der Waals surface area contributed by atoms with Crippen molar-refractivity contribution in [2.45, 2.75) is 19.8 Å². The Bertz CT molecular complexity index is 549. The number of unbranched alkanes of at least 4 members (excludes halogenated alkanes) is 1. The van der Waals surface area contributed by atoms with Crippen molar-refractivity contribution in [3.8, 4) is 28.4 Å². The van der Waals surface area contributed by atoms with Gasteiger partial charge in [-0.1, -0.05) is 37.6 Å². The first-order chi connectivity index (χ1) is 9.24. The molecule has 0 spiro atoms. The first-order valence-electron chi connectivity index (χ1n) is 6.47. The Morgan fingerprint density at radius 3 is 2.42 bits per heavy atom.